The van der Waals surface area contributed by atoms with E-state index in [1.165, 1.54) is 205 Å². The van der Waals surface area contributed by atoms with E-state index in [1.807, 2.05) is 0 Å². The van der Waals surface area contributed by atoms with Crippen molar-refractivity contribution in [1.29, 1.82) is 0 Å². The van der Waals surface area contributed by atoms with Crippen LogP contribution < -0.4 is 0 Å². The summed E-state index contributed by atoms with van der Waals surface area (Å²) in [5, 5.41) is 16.2. The molecule has 0 saturated heterocycles. The first-order chi connectivity index (χ1) is 35.6. The highest BCUT2D eigenvalue weighted by Crippen LogP contribution is 2.60. The fourth-order valence-corrected chi connectivity index (χ4v) is 15.6. The largest absolute Gasteiger partial charge is 0.0610 e. The molecule has 0 amide bonds. The lowest BCUT2D eigenvalue weighted by Crippen LogP contribution is -2.20. The quantitative estimate of drug-likeness (QED) is 0.154. The maximum atomic E-state index is 2.59. The van der Waals surface area contributed by atoms with Gasteiger partial charge in [0.25, 0.3) is 0 Å². The summed E-state index contributed by atoms with van der Waals surface area (Å²) in [7, 11) is 0. The van der Waals surface area contributed by atoms with E-state index in [9.17, 15) is 0 Å². The van der Waals surface area contributed by atoms with Crippen LogP contribution in [0.3, 0.4) is 0 Å². The first kappa shape index (κ1) is 39.6. The van der Waals surface area contributed by atoms with Gasteiger partial charge in [-0.25, -0.2) is 0 Å². The molecule has 0 aliphatic heterocycles. The molecule has 4 aliphatic rings. The van der Waals surface area contributed by atoms with E-state index in [-0.39, 0.29) is 10.8 Å². The molecular formula is C72H50. The molecule has 0 heteroatoms. The Morgan fingerprint density at radius 1 is 0.222 bits per heavy atom. The number of rotatable bonds is 4. The van der Waals surface area contributed by atoms with Gasteiger partial charge >= 0.3 is 0 Å². The second kappa shape index (κ2) is 14.3. The van der Waals surface area contributed by atoms with Gasteiger partial charge in [-0.2, -0.15) is 0 Å². The Kier molecular flexibility index (Phi) is 7.87. The Morgan fingerprint density at radius 2 is 0.514 bits per heavy atom. The van der Waals surface area contributed by atoms with Crippen LogP contribution in [0.5, 0.6) is 0 Å². The van der Waals surface area contributed by atoms with Crippen molar-refractivity contribution < 1.29 is 0 Å². The van der Waals surface area contributed by atoms with Gasteiger partial charge in [0.05, 0.1) is 0 Å². The van der Waals surface area contributed by atoms with E-state index >= 15 is 0 Å². The van der Waals surface area contributed by atoms with Crippen molar-refractivity contribution in [2.75, 3.05) is 0 Å². The molecule has 0 atom stereocenters. The molecule has 13 aromatic carbocycles. The smallest absolute Gasteiger partial charge is 0.0215 e. The van der Waals surface area contributed by atoms with Gasteiger partial charge in [0.15, 0.2) is 0 Å². The molecule has 0 unspecified atom stereocenters. The number of fused-ring (bicyclic) bond motifs is 10. The SMILES string of the molecule is c1cc(-c2ccc3c(c2)C2(CCCC2)c2cc(-c4ccc5ccc6cccc7ccc4c5c67)ccc2-3)cc(-c2ccc3c(c2)C2(CCCC2)c2cc(-c4ccc5ccc6cccc7ccc4c5c67)ccc2-3)c1. The molecule has 17 rings (SSSR count). The summed E-state index contributed by atoms with van der Waals surface area (Å²) in [4.78, 5) is 0. The van der Waals surface area contributed by atoms with E-state index in [4.69, 9.17) is 0 Å². The third-order valence-electron chi connectivity index (χ3n) is 18.8. The van der Waals surface area contributed by atoms with Crippen LogP contribution in [0.25, 0.3) is 131 Å². The molecule has 2 fully saturated rings. The lowest BCUT2D eigenvalue weighted by atomic mass is 9.75. The highest BCUT2D eigenvalue weighted by atomic mass is 14.5. The lowest BCUT2D eigenvalue weighted by molar-refractivity contribution is 0.550. The standard InChI is InChI=1S/C72H50/c1-2-35-71(34-1)63-39-51(22-28-57(63)59-30-24-53(41-65(59)71)55-26-18-47-16-14-43-8-5-10-45-20-32-61(55)69(47)67(43)45)49-12-7-13-50(38-49)52-23-29-58-60-31-25-54(42-66(60)72(64(58)40-52)36-3-4-37-72)56-27-19-48-17-15-44-9-6-11-46-21-33-62(56)70(48)68(44)46/h5-33,38-42H,1-4,34-37H2. The second-order valence-electron chi connectivity index (χ2n) is 22.1. The highest BCUT2D eigenvalue weighted by Gasteiger charge is 2.47. The average molecular weight is 915 g/mol. The Labute approximate surface area is 419 Å². The molecule has 2 saturated carbocycles. The van der Waals surface area contributed by atoms with Gasteiger partial charge in [0.2, 0.25) is 0 Å². The van der Waals surface area contributed by atoms with E-state index < -0.39 is 0 Å². The van der Waals surface area contributed by atoms with E-state index in [0.717, 1.165) is 0 Å². The third-order valence-corrected chi connectivity index (χ3v) is 18.8. The average Bonchev–Trinajstić information content (AvgIpc) is 4.25. The fraction of sp³-hybridized carbons (Fsp3) is 0.139. The van der Waals surface area contributed by atoms with E-state index in [0.29, 0.717) is 0 Å². The second-order valence-corrected chi connectivity index (χ2v) is 22.1. The molecular weight excluding hydrogens is 865 g/mol. The van der Waals surface area contributed by atoms with Gasteiger partial charge < -0.3 is 0 Å². The van der Waals surface area contributed by atoms with Crippen molar-refractivity contribution >= 4 is 64.6 Å². The monoisotopic (exact) mass is 914 g/mol. The zero-order valence-electron chi connectivity index (χ0n) is 40.3. The van der Waals surface area contributed by atoms with Gasteiger partial charge in [0.1, 0.15) is 0 Å². The van der Waals surface area contributed by atoms with Gasteiger partial charge in [-0.3, -0.25) is 0 Å². The number of benzene rings is 13. The Balaban J connectivity index is 0.730. The van der Waals surface area contributed by atoms with Gasteiger partial charge in [-0.1, -0.05) is 202 Å². The van der Waals surface area contributed by atoms with Crippen LogP contribution in [0.15, 0.2) is 206 Å². The summed E-state index contributed by atoms with van der Waals surface area (Å²) < 4.78 is 0. The zero-order valence-corrected chi connectivity index (χ0v) is 40.3. The lowest BCUT2D eigenvalue weighted by Gasteiger charge is -2.28. The third kappa shape index (κ3) is 5.22. The maximum Gasteiger partial charge on any atom is 0.0215 e. The highest BCUT2D eigenvalue weighted by molar-refractivity contribution is 6.26. The van der Waals surface area contributed by atoms with Gasteiger partial charge in [-0.05, 0) is 210 Å². The Hall–Kier alpha value is -8.06. The summed E-state index contributed by atoms with van der Waals surface area (Å²) >= 11 is 0. The summed E-state index contributed by atoms with van der Waals surface area (Å²) in [6, 6.07) is 80.6. The van der Waals surface area contributed by atoms with E-state index in [2.05, 4.69) is 206 Å². The summed E-state index contributed by atoms with van der Waals surface area (Å²) in [5.74, 6) is 0. The normalized spacial score (nSPS) is 16.1. The summed E-state index contributed by atoms with van der Waals surface area (Å²) in [6.07, 6.45) is 9.91. The van der Waals surface area contributed by atoms with Gasteiger partial charge in [-0.15, -0.1) is 0 Å². The predicted octanol–water partition coefficient (Wildman–Crippen LogP) is 19.8. The molecule has 72 heavy (non-hydrogen) atoms. The van der Waals surface area contributed by atoms with Crippen molar-refractivity contribution in [3.63, 3.8) is 0 Å². The molecule has 2 spiro atoms. The molecule has 4 aliphatic carbocycles. The van der Waals surface area contributed by atoms with Crippen molar-refractivity contribution in [2.45, 2.75) is 62.2 Å². The molecule has 0 nitrogen and oxygen atoms in total. The maximum absolute atomic E-state index is 2.59. The molecule has 0 aromatic heterocycles. The van der Waals surface area contributed by atoms with Gasteiger partial charge in [0, 0.05) is 10.8 Å². The fourth-order valence-electron chi connectivity index (χ4n) is 15.6. The van der Waals surface area contributed by atoms with Crippen LogP contribution in [0.2, 0.25) is 0 Å². The van der Waals surface area contributed by atoms with Crippen molar-refractivity contribution in [1.82, 2.24) is 0 Å². The molecule has 0 radical (unpaired) electrons. The topological polar surface area (TPSA) is 0 Å². The van der Waals surface area contributed by atoms with Crippen LogP contribution in [0, 0.1) is 0 Å². The van der Waals surface area contributed by atoms with E-state index in [1.54, 1.807) is 0 Å². The molecule has 0 heterocycles. The van der Waals surface area contributed by atoms with Crippen LogP contribution in [0.1, 0.15) is 73.6 Å². The van der Waals surface area contributed by atoms with Crippen LogP contribution >= 0.6 is 0 Å². The molecule has 338 valence electrons. The summed E-state index contributed by atoms with van der Waals surface area (Å²) in [6.45, 7) is 0. The number of hydrogen-bond acceptors (Lipinski definition) is 0. The van der Waals surface area contributed by atoms with Crippen LogP contribution in [-0.2, 0) is 10.8 Å². The first-order valence-electron chi connectivity index (χ1n) is 26.6. The molecule has 13 aromatic rings. The molecule has 0 N–H and O–H groups in total. The van der Waals surface area contributed by atoms with Crippen LogP contribution in [-0.4, -0.2) is 0 Å². The Morgan fingerprint density at radius 3 is 0.917 bits per heavy atom. The zero-order chi connectivity index (χ0) is 46.9. The van der Waals surface area contributed by atoms with Crippen molar-refractivity contribution in [3.8, 4) is 66.8 Å². The minimum Gasteiger partial charge on any atom is -0.0610 e. The minimum absolute atomic E-state index is 0.0442. The Bertz CT molecular complexity index is 4140. The van der Waals surface area contributed by atoms with Crippen molar-refractivity contribution in [2.24, 2.45) is 0 Å². The first-order valence-corrected chi connectivity index (χ1v) is 26.6. The van der Waals surface area contributed by atoms with Crippen LogP contribution in [0.4, 0.5) is 0 Å². The predicted molar refractivity (Wildman–Crippen MR) is 305 cm³/mol. The van der Waals surface area contributed by atoms with Crippen molar-refractivity contribution in [3.05, 3.63) is 229 Å². The molecule has 0 bridgehead atoms. The summed E-state index contributed by atoms with van der Waals surface area (Å²) in [5.41, 5.74) is 22.5. The minimum atomic E-state index is 0.0442. The number of hydrogen-bond donors (Lipinski definition) is 0.